The van der Waals surface area contributed by atoms with E-state index in [1.54, 1.807) is 37.0 Å². The SMILES string of the molecule is O=C1CCC(N2Cc3c(SCCCCCCCCCC45CC6CC(C4)C(C6)C5)cccc3C2=O)C(=O)N1. The summed E-state index contributed by atoms with van der Waals surface area (Å²) in [4.78, 5) is 39.6. The molecule has 1 aromatic carbocycles. The van der Waals surface area contributed by atoms with Gasteiger partial charge in [-0.15, -0.1) is 11.8 Å². The van der Waals surface area contributed by atoms with E-state index in [2.05, 4.69) is 11.4 Å². The highest BCUT2D eigenvalue weighted by atomic mass is 32.2. The Hall–Kier alpha value is -1.82. The standard InChI is InChI=1S/C31H42N2O3S/c34-28-12-11-26(29(35)32-28)33-20-25-24(30(33)36)9-8-10-27(25)37-14-7-5-3-1-2-4-6-13-31-17-21-15-22(18-31)23(16-21)19-31/h8-10,21-23,26H,1-7,11-20H2,(H,32,34,35). The van der Waals surface area contributed by atoms with E-state index >= 15 is 0 Å². The molecule has 1 N–H and O–H groups in total. The molecular formula is C31H42N2O3S. The van der Waals surface area contributed by atoms with Gasteiger partial charge in [-0.2, -0.15) is 0 Å². The normalized spacial score (nSPS) is 31.9. The molecule has 4 bridgehead atoms. The fourth-order valence-electron chi connectivity index (χ4n) is 8.65. The van der Waals surface area contributed by atoms with E-state index in [-0.39, 0.29) is 17.7 Å². The van der Waals surface area contributed by atoms with Crippen LogP contribution in [0.25, 0.3) is 0 Å². The van der Waals surface area contributed by atoms with Crippen molar-refractivity contribution in [2.45, 2.75) is 114 Å². The van der Waals surface area contributed by atoms with Gasteiger partial charge in [0, 0.05) is 23.4 Å². The molecule has 5 nitrogen and oxygen atoms in total. The first-order valence-electron chi connectivity index (χ1n) is 14.9. The average Bonchev–Trinajstić information content (AvgIpc) is 3.44. The second-order valence-electron chi connectivity index (χ2n) is 12.7. The van der Waals surface area contributed by atoms with Crippen molar-refractivity contribution in [1.82, 2.24) is 10.2 Å². The highest BCUT2D eigenvalue weighted by Crippen LogP contribution is 2.65. The Morgan fingerprint density at radius 1 is 0.919 bits per heavy atom. The monoisotopic (exact) mass is 522 g/mol. The van der Waals surface area contributed by atoms with Gasteiger partial charge in [0.05, 0.1) is 0 Å². The fourth-order valence-corrected chi connectivity index (χ4v) is 9.74. The summed E-state index contributed by atoms with van der Waals surface area (Å²) in [6, 6.07) is 5.38. The zero-order chi connectivity index (χ0) is 25.4. The Balaban J connectivity index is 0.870. The molecule has 2 heterocycles. The molecule has 2 aliphatic heterocycles. The lowest BCUT2D eigenvalue weighted by Gasteiger charge is -2.38. The lowest BCUT2D eigenvalue weighted by molar-refractivity contribution is -0.136. The third kappa shape index (κ3) is 5.24. The van der Waals surface area contributed by atoms with E-state index in [0.717, 1.165) is 39.4 Å². The molecule has 0 radical (unpaired) electrons. The van der Waals surface area contributed by atoms with Crippen LogP contribution in [-0.4, -0.2) is 34.4 Å². The molecule has 1 aromatic rings. The summed E-state index contributed by atoms with van der Waals surface area (Å²) in [5, 5.41) is 2.38. The molecular weight excluding hydrogens is 480 g/mol. The van der Waals surface area contributed by atoms with Crippen molar-refractivity contribution >= 4 is 29.5 Å². The summed E-state index contributed by atoms with van der Waals surface area (Å²) in [6.07, 6.45) is 19.5. The van der Waals surface area contributed by atoms with Crippen LogP contribution in [0.2, 0.25) is 0 Å². The predicted molar refractivity (Wildman–Crippen MR) is 146 cm³/mol. The Morgan fingerprint density at radius 3 is 2.38 bits per heavy atom. The molecule has 5 fully saturated rings. The number of fused-ring (bicyclic) bond motifs is 1. The van der Waals surface area contributed by atoms with E-state index < -0.39 is 6.04 Å². The second-order valence-corrected chi connectivity index (χ2v) is 13.9. The van der Waals surface area contributed by atoms with Gasteiger partial charge in [0.25, 0.3) is 5.91 Å². The minimum absolute atomic E-state index is 0.0837. The van der Waals surface area contributed by atoms with Gasteiger partial charge in [-0.05, 0) is 98.0 Å². The highest BCUT2D eigenvalue weighted by Gasteiger charge is 2.55. The molecule has 0 aromatic heterocycles. The van der Waals surface area contributed by atoms with Crippen LogP contribution in [0, 0.1) is 23.2 Å². The van der Waals surface area contributed by atoms with Crippen LogP contribution in [0.15, 0.2) is 23.1 Å². The van der Waals surface area contributed by atoms with Crippen molar-refractivity contribution in [3.63, 3.8) is 0 Å². The summed E-state index contributed by atoms with van der Waals surface area (Å²) >= 11 is 1.84. The van der Waals surface area contributed by atoms with Gasteiger partial charge in [-0.25, -0.2) is 0 Å². The van der Waals surface area contributed by atoms with Crippen molar-refractivity contribution < 1.29 is 14.4 Å². The van der Waals surface area contributed by atoms with E-state index in [4.69, 9.17) is 0 Å². The lowest BCUT2D eigenvalue weighted by Crippen LogP contribution is -2.52. The maximum Gasteiger partial charge on any atom is 0.255 e. The second kappa shape index (κ2) is 10.7. The molecule has 4 saturated carbocycles. The molecule has 4 aliphatic carbocycles. The number of rotatable bonds is 12. The molecule has 3 unspecified atom stereocenters. The number of nitrogens with one attached hydrogen (secondary N) is 1. The molecule has 0 spiro atoms. The number of imide groups is 1. The molecule has 37 heavy (non-hydrogen) atoms. The Bertz CT molecular complexity index is 1040. The van der Waals surface area contributed by atoms with Gasteiger partial charge in [0.1, 0.15) is 6.04 Å². The molecule has 6 heteroatoms. The van der Waals surface area contributed by atoms with Crippen LogP contribution in [0.5, 0.6) is 0 Å². The van der Waals surface area contributed by atoms with Crippen LogP contribution in [-0.2, 0) is 16.1 Å². The summed E-state index contributed by atoms with van der Waals surface area (Å²) in [5.41, 5.74) is 2.53. The minimum atomic E-state index is -0.543. The Labute approximate surface area is 225 Å². The van der Waals surface area contributed by atoms with Gasteiger partial charge in [-0.3, -0.25) is 19.7 Å². The lowest BCUT2D eigenvalue weighted by atomic mass is 9.67. The first kappa shape index (κ1) is 25.5. The van der Waals surface area contributed by atoms with Crippen LogP contribution >= 0.6 is 11.8 Å². The first-order valence-corrected chi connectivity index (χ1v) is 15.9. The van der Waals surface area contributed by atoms with Crippen molar-refractivity contribution in [3.05, 3.63) is 29.3 Å². The van der Waals surface area contributed by atoms with Crippen LogP contribution < -0.4 is 5.32 Å². The molecule has 1 saturated heterocycles. The predicted octanol–water partition coefficient (Wildman–Crippen LogP) is 6.49. The summed E-state index contributed by atoms with van der Waals surface area (Å²) < 4.78 is 0. The fraction of sp³-hybridized carbons (Fsp3) is 0.710. The number of unbranched alkanes of at least 4 members (excludes halogenated alkanes) is 6. The number of carbonyl (C=O) groups is 3. The van der Waals surface area contributed by atoms with Gasteiger partial charge in [0.2, 0.25) is 11.8 Å². The van der Waals surface area contributed by atoms with Gasteiger partial charge >= 0.3 is 0 Å². The third-order valence-corrected chi connectivity index (χ3v) is 11.4. The minimum Gasteiger partial charge on any atom is -0.322 e. The molecule has 7 rings (SSSR count). The molecule has 3 amide bonds. The van der Waals surface area contributed by atoms with Gasteiger partial charge in [-0.1, -0.05) is 44.6 Å². The largest absolute Gasteiger partial charge is 0.322 e. The van der Waals surface area contributed by atoms with Crippen LogP contribution in [0.4, 0.5) is 0 Å². The van der Waals surface area contributed by atoms with E-state index in [9.17, 15) is 14.4 Å². The van der Waals surface area contributed by atoms with Crippen molar-refractivity contribution in [3.8, 4) is 0 Å². The number of nitrogens with zero attached hydrogens (tertiary/aromatic N) is 1. The number of hydrogen-bond acceptors (Lipinski definition) is 4. The number of carbonyl (C=O) groups excluding carboxylic acids is 3. The number of piperidine rings is 1. The number of hydrogen-bond donors (Lipinski definition) is 1. The molecule has 200 valence electrons. The quantitative estimate of drug-likeness (QED) is 0.194. The van der Waals surface area contributed by atoms with E-state index in [1.165, 1.54) is 51.4 Å². The van der Waals surface area contributed by atoms with Crippen molar-refractivity contribution in [2.24, 2.45) is 23.2 Å². The van der Waals surface area contributed by atoms with E-state index in [0.29, 0.717) is 24.9 Å². The Kier molecular flexibility index (Phi) is 7.39. The molecule has 3 atom stereocenters. The van der Waals surface area contributed by atoms with Crippen molar-refractivity contribution in [1.29, 1.82) is 0 Å². The first-order chi connectivity index (χ1) is 18.0. The van der Waals surface area contributed by atoms with Crippen LogP contribution in [0.1, 0.15) is 112 Å². The zero-order valence-corrected chi connectivity index (χ0v) is 23.0. The number of thioether (sulfide) groups is 1. The number of benzene rings is 1. The summed E-state index contributed by atoms with van der Waals surface area (Å²) in [6.45, 7) is 0.465. The van der Waals surface area contributed by atoms with Gasteiger partial charge < -0.3 is 4.90 Å². The van der Waals surface area contributed by atoms with Crippen molar-refractivity contribution in [2.75, 3.05) is 5.75 Å². The molecule has 6 aliphatic rings. The maximum atomic E-state index is 13.0. The maximum absolute atomic E-state index is 13.0. The Morgan fingerprint density at radius 2 is 1.65 bits per heavy atom. The summed E-state index contributed by atoms with van der Waals surface area (Å²) in [7, 11) is 0. The topological polar surface area (TPSA) is 66.5 Å². The van der Waals surface area contributed by atoms with E-state index in [1.807, 2.05) is 23.9 Å². The highest BCUT2D eigenvalue weighted by molar-refractivity contribution is 7.99. The van der Waals surface area contributed by atoms with Crippen LogP contribution in [0.3, 0.4) is 0 Å². The van der Waals surface area contributed by atoms with Gasteiger partial charge in [0.15, 0.2) is 0 Å². The number of amides is 3. The smallest absolute Gasteiger partial charge is 0.255 e. The average molecular weight is 523 g/mol. The third-order valence-electron chi connectivity index (χ3n) is 10.2. The summed E-state index contributed by atoms with van der Waals surface area (Å²) in [5.74, 6) is 3.70. The zero-order valence-electron chi connectivity index (χ0n) is 22.1.